The van der Waals surface area contributed by atoms with Gasteiger partial charge in [-0.3, -0.25) is 9.78 Å². The zero-order valence-corrected chi connectivity index (χ0v) is 17.2. The van der Waals surface area contributed by atoms with E-state index in [0.717, 1.165) is 45.9 Å². The summed E-state index contributed by atoms with van der Waals surface area (Å²) in [7, 11) is 0. The molecular weight excluding hydrogens is 386 g/mol. The molecule has 0 unspecified atom stereocenters. The normalized spacial score (nSPS) is 14.9. The number of aromatic nitrogens is 2. The molecule has 148 valence electrons. The van der Waals surface area contributed by atoms with Crippen molar-refractivity contribution < 1.29 is 9.53 Å². The molecule has 1 N–H and O–H groups in total. The summed E-state index contributed by atoms with van der Waals surface area (Å²) in [6, 6.07) is 13.4. The summed E-state index contributed by atoms with van der Waals surface area (Å²) in [6.07, 6.45) is 2.75. The summed E-state index contributed by atoms with van der Waals surface area (Å²) in [5.74, 6) is 0.819. The van der Waals surface area contributed by atoms with Gasteiger partial charge in [0.2, 0.25) is 5.91 Å². The van der Waals surface area contributed by atoms with Crippen molar-refractivity contribution in [1.82, 2.24) is 15.3 Å². The lowest BCUT2D eigenvalue weighted by atomic mass is 10.0. The molecule has 0 saturated heterocycles. The Bertz CT molecular complexity index is 1070. The molecule has 0 spiro atoms. The summed E-state index contributed by atoms with van der Waals surface area (Å²) in [5, 5.41) is 3.59. The molecule has 1 aromatic heterocycles. The van der Waals surface area contributed by atoms with Crippen LogP contribution in [0.5, 0.6) is 5.75 Å². The first-order valence-electron chi connectivity index (χ1n) is 9.59. The second kappa shape index (κ2) is 8.21. The molecule has 0 aliphatic carbocycles. The lowest BCUT2D eigenvalue weighted by Gasteiger charge is -2.12. The van der Waals surface area contributed by atoms with Crippen molar-refractivity contribution >= 4 is 17.5 Å². The van der Waals surface area contributed by atoms with Crippen molar-refractivity contribution in [2.24, 2.45) is 0 Å². The summed E-state index contributed by atoms with van der Waals surface area (Å²) in [4.78, 5) is 21.3. The number of benzene rings is 2. The standard InChI is InChI=1S/C23H22ClN3O2/c1-14-12-25-15(2)23(27-14)17-6-7-21-18(10-17)11-20(29-21)13-26-22(28)9-16-4-3-5-19(24)8-16/h3-8,10,12,20H,9,11,13H2,1-2H3,(H,26,28)/t20-/m0/s1. The van der Waals surface area contributed by atoms with E-state index in [0.29, 0.717) is 18.0 Å². The van der Waals surface area contributed by atoms with Crippen LogP contribution in [0.1, 0.15) is 22.5 Å². The van der Waals surface area contributed by atoms with Crippen molar-refractivity contribution in [3.05, 3.63) is 76.2 Å². The van der Waals surface area contributed by atoms with E-state index in [-0.39, 0.29) is 12.0 Å². The minimum absolute atomic E-state index is 0.0434. The number of rotatable bonds is 5. The molecular formula is C23H22ClN3O2. The van der Waals surface area contributed by atoms with Crippen molar-refractivity contribution in [2.45, 2.75) is 32.8 Å². The third kappa shape index (κ3) is 4.57. The highest BCUT2D eigenvalue weighted by Gasteiger charge is 2.24. The summed E-state index contributed by atoms with van der Waals surface area (Å²) in [5.41, 5.74) is 5.74. The van der Waals surface area contributed by atoms with Gasteiger partial charge in [-0.25, -0.2) is 4.98 Å². The van der Waals surface area contributed by atoms with Crippen LogP contribution in [0.3, 0.4) is 0 Å². The van der Waals surface area contributed by atoms with Crippen LogP contribution >= 0.6 is 11.6 Å². The minimum Gasteiger partial charge on any atom is -0.488 e. The van der Waals surface area contributed by atoms with E-state index in [1.165, 1.54) is 0 Å². The fourth-order valence-electron chi connectivity index (χ4n) is 3.52. The Morgan fingerprint density at radius 2 is 2.10 bits per heavy atom. The number of hydrogen-bond acceptors (Lipinski definition) is 4. The lowest BCUT2D eigenvalue weighted by molar-refractivity contribution is -0.120. The fourth-order valence-corrected chi connectivity index (χ4v) is 3.73. The Labute approximate surface area is 175 Å². The maximum absolute atomic E-state index is 12.2. The number of aryl methyl sites for hydroxylation is 2. The van der Waals surface area contributed by atoms with Crippen LogP contribution in [0.25, 0.3) is 11.3 Å². The molecule has 1 aliphatic rings. The van der Waals surface area contributed by atoms with Crippen LogP contribution in [0.2, 0.25) is 5.02 Å². The van der Waals surface area contributed by atoms with E-state index in [9.17, 15) is 4.79 Å². The summed E-state index contributed by atoms with van der Waals surface area (Å²) >= 11 is 5.98. The molecule has 4 rings (SSSR count). The first-order valence-corrected chi connectivity index (χ1v) is 9.97. The first kappa shape index (κ1) is 19.4. The van der Waals surface area contributed by atoms with Gasteiger partial charge in [-0.05, 0) is 55.3 Å². The molecule has 1 aliphatic heterocycles. The van der Waals surface area contributed by atoms with Gasteiger partial charge in [0.05, 0.1) is 30.0 Å². The number of nitrogens with one attached hydrogen (secondary N) is 1. The van der Waals surface area contributed by atoms with E-state index in [2.05, 4.69) is 21.4 Å². The van der Waals surface area contributed by atoms with Crippen LogP contribution in [-0.2, 0) is 17.6 Å². The molecule has 0 bridgehead atoms. The summed E-state index contributed by atoms with van der Waals surface area (Å²) in [6.45, 7) is 4.37. The highest BCUT2D eigenvalue weighted by Crippen LogP contribution is 2.33. The van der Waals surface area contributed by atoms with Gasteiger partial charge in [-0.1, -0.05) is 23.7 Å². The zero-order valence-electron chi connectivity index (χ0n) is 16.4. The monoisotopic (exact) mass is 407 g/mol. The Kier molecular flexibility index (Phi) is 5.49. The molecule has 0 saturated carbocycles. The number of hydrogen-bond donors (Lipinski definition) is 1. The largest absolute Gasteiger partial charge is 0.488 e. The Balaban J connectivity index is 1.38. The maximum Gasteiger partial charge on any atom is 0.224 e. The zero-order chi connectivity index (χ0) is 20.4. The predicted octanol–water partition coefficient (Wildman–Crippen LogP) is 4.08. The molecule has 2 heterocycles. The topological polar surface area (TPSA) is 64.1 Å². The van der Waals surface area contributed by atoms with Crippen LogP contribution in [-0.4, -0.2) is 28.5 Å². The van der Waals surface area contributed by atoms with Crippen molar-refractivity contribution in [3.8, 4) is 17.0 Å². The summed E-state index contributed by atoms with van der Waals surface area (Å²) < 4.78 is 6.00. The number of halogens is 1. The van der Waals surface area contributed by atoms with E-state index in [1.54, 1.807) is 18.3 Å². The van der Waals surface area contributed by atoms with Crippen molar-refractivity contribution in [3.63, 3.8) is 0 Å². The lowest BCUT2D eigenvalue weighted by Crippen LogP contribution is -2.35. The van der Waals surface area contributed by atoms with Gasteiger partial charge >= 0.3 is 0 Å². The second-order valence-electron chi connectivity index (χ2n) is 7.32. The van der Waals surface area contributed by atoms with E-state index in [4.69, 9.17) is 16.3 Å². The number of nitrogens with zero attached hydrogens (tertiary/aromatic N) is 2. The molecule has 1 amide bonds. The van der Waals surface area contributed by atoms with Crippen molar-refractivity contribution in [1.29, 1.82) is 0 Å². The van der Waals surface area contributed by atoms with Gasteiger partial charge in [0, 0.05) is 23.2 Å². The fraction of sp³-hybridized carbons (Fsp3) is 0.261. The van der Waals surface area contributed by atoms with Crippen molar-refractivity contribution in [2.75, 3.05) is 6.54 Å². The molecule has 0 radical (unpaired) electrons. The quantitative estimate of drug-likeness (QED) is 0.692. The van der Waals surface area contributed by atoms with Gasteiger partial charge in [-0.2, -0.15) is 0 Å². The van der Waals surface area contributed by atoms with Gasteiger partial charge in [-0.15, -0.1) is 0 Å². The Morgan fingerprint density at radius 1 is 1.24 bits per heavy atom. The van der Waals surface area contributed by atoms with Gasteiger partial charge < -0.3 is 10.1 Å². The number of carbonyl (C=O) groups excluding carboxylic acids is 1. The van der Waals surface area contributed by atoms with Gasteiger partial charge in [0.25, 0.3) is 0 Å². The predicted molar refractivity (Wildman–Crippen MR) is 113 cm³/mol. The molecule has 2 aromatic carbocycles. The number of fused-ring (bicyclic) bond motifs is 1. The highest BCUT2D eigenvalue weighted by molar-refractivity contribution is 6.30. The number of amides is 1. The molecule has 0 fully saturated rings. The Morgan fingerprint density at radius 3 is 2.93 bits per heavy atom. The average molecular weight is 408 g/mol. The van der Waals surface area contributed by atoms with E-state index < -0.39 is 0 Å². The molecule has 29 heavy (non-hydrogen) atoms. The number of ether oxygens (including phenoxy) is 1. The Hall–Kier alpha value is -2.92. The van der Waals surface area contributed by atoms with Crippen LogP contribution in [0.15, 0.2) is 48.7 Å². The first-order chi connectivity index (χ1) is 14.0. The minimum atomic E-state index is -0.0757. The van der Waals surface area contributed by atoms with Gasteiger partial charge in [0.1, 0.15) is 11.9 Å². The smallest absolute Gasteiger partial charge is 0.224 e. The van der Waals surface area contributed by atoms with Gasteiger partial charge in [0.15, 0.2) is 0 Å². The molecule has 3 aromatic rings. The molecule has 1 atom stereocenters. The third-order valence-electron chi connectivity index (χ3n) is 4.93. The second-order valence-corrected chi connectivity index (χ2v) is 7.76. The molecule has 5 nitrogen and oxygen atoms in total. The average Bonchev–Trinajstić information content (AvgIpc) is 3.10. The van der Waals surface area contributed by atoms with Crippen LogP contribution in [0, 0.1) is 13.8 Å². The van der Waals surface area contributed by atoms with Crippen LogP contribution < -0.4 is 10.1 Å². The third-order valence-corrected chi connectivity index (χ3v) is 5.17. The molecule has 6 heteroatoms. The van der Waals surface area contributed by atoms with E-state index >= 15 is 0 Å². The maximum atomic E-state index is 12.2. The SMILES string of the molecule is Cc1cnc(C)c(-c2ccc3c(c2)C[C@@H](CNC(=O)Cc2cccc(Cl)c2)O3)n1. The number of carbonyl (C=O) groups is 1. The van der Waals surface area contributed by atoms with E-state index in [1.807, 2.05) is 38.1 Å². The highest BCUT2D eigenvalue weighted by atomic mass is 35.5. The van der Waals surface area contributed by atoms with Crippen LogP contribution in [0.4, 0.5) is 0 Å².